The van der Waals surface area contributed by atoms with Crippen molar-refractivity contribution >= 4 is 26.8 Å². The molecule has 13 heavy (non-hydrogen) atoms. The minimum atomic E-state index is 0.898. The van der Waals surface area contributed by atoms with Crippen LogP contribution in [0.2, 0.25) is 0 Å². The molecule has 0 aliphatic carbocycles. The summed E-state index contributed by atoms with van der Waals surface area (Å²) in [6.07, 6.45) is 0. The van der Waals surface area contributed by atoms with Gasteiger partial charge in [0.25, 0.3) is 0 Å². The van der Waals surface area contributed by atoms with Gasteiger partial charge in [-0.2, -0.15) is 5.10 Å². The van der Waals surface area contributed by atoms with Crippen LogP contribution in [-0.4, -0.2) is 9.78 Å². The molecule has 0 fully saturated rings. The summed E-state index contributed by atoms with van der Waals surface area (Å²) in [5.41, 5.74) is 2.32. The van der Waals surface area contributed by atoms with E-state index < -0.39 is 0 Å². The zero-order valence-electron chi connectivity index (χ0n) is 7.71. The highest BCUT2D eigenvalue weighted by molar-refractivity contribution is 9.10. The van der Waals surface area contributed by atoms with Crippen molar-refractivity contribution in [3.63, 3.8) is 0 Å². The van der Waals surface area contributed by atoms with E-state index in [1.165, 1.54) is 10.9 Å². The molecular formula is C10H11BrN2. The SMILES string of the molecule is CCn1nc2c(C)cccc2c1Br. The van der Waals surface area contributed by atoms with Gasteiger partial charge in [-0.15, -0.1) is 0 Å². The molecule has 1 heterocycles. The Kier molecular flexibility index (Phi) is 2.12. The number of aryl methyl sites for hydroxylation is 2. The summed E-state index contributed by atoms with van der Waals surface area (Å²) in [6.45, 7) is 5.07. The first-order valence-electron chi connectivity index (χ1n) is 4.35. The van der Waals surface area contributed by atoms with Crippen molar-refractivity contribution in [3.05, 3.63) is 28.4 Å². The Hall–Kier alpha value is -0.830. The Morgan fingerprint density at radius 3 is 2.85 bits per heavy atom. The molecule has 0 unspecified atom stereocenters. The van der Waals surface area contributed by atoms with Gasteiger partial charge < -0.3 is 0 Å². The van der Waals surface area contributed by atoms with E-state index in [0.29, 0.717) is 0 Å². The molecule has 2 aromatic rings. The van der Waals surface area contributed by atoms with E-state index in [-0.39, 0.29) is 0 Å². The van der Waals surface area contributed by atoms with Crippen LogP contribution in [0.3, 0.4) is 0 Å². The molecule has 0 aliphatic rings. The van der Waals surface area contributed by atoms with Crippen LogP contribution < -0.4 is 0 Å². The van der Waals surface area contributed by atoms with Gasteiger partial charge in [-0.3, -0.25) is 4.68 Å². The average Bonchev–Trinajstić information content (AvgIpc) is 2.45. The lowest BCUT2D eigenvalue weighted by atomic mass is 10.2. The van der Waals surface area contributed by atoms with Gasteiger partial charge in [-0.05, 0) is 35.3 Å². The largest absolute Gasteiger partial charge is 0.258 e. The van der Waals surface area contributed by atoms with Crippen LogP contribution in [0.25, 0.3) is 10.9 Å². The number of hydrogen-bond donors (Lipinski definition) is 0. The van der Waals surface area contributed by atoms with Crippen LogP contribution in [0.1, 0.15) is 12.5 Å². The van der Waals surface area contributed by atoms with Crippen molar-refractivity contribution in [1.29, 1.82) is 0 Å². The maximum atomic E-state index is 4.50. The highest BCUT2D eigenvalue weighted by Gasteiger charge is 2.07. The Balaban J connectivity index is 2.83. The molecule has 0 amide bonds. The Morgan fingerprint density at radius 1 is 1.46 bits per heavy atom. The van der Waals surface area contributed by atoms with Crippen LogP contribution >= 0.6 is 15.9 Å². The molecule has 0 spiro atoms. The van der Waals surface area contributed by atoms with Gasteiger partial charge in [0, 0.05) is 11.9 Å². The topological polar surface area (TPSA) is 17.8 Å². The van der Waals surface area contributed by atoms with Gasteiger partial charge in [0.15, 0.2) is 0 Å². The van der Waals surface area contributed by atoms with E-state index in [1.807, 2.05) is 4.68 Å². The van der Waals surface area contributed by atoms with Crippen molar-refractivity contribution in [2.24, 2.45) is 0 Å². The van der Waals surface area contributed by atoms with E-state index >= 15 is 0 Å². The molecule has 2 rings (SSSR count). The second-order valence-corrected chi connectivity index (χ2v) is 3.83. The van der Waals surface area contributed by atoms with Crippen LogP contribution in [-0.2, 0) is 6.54 Å². The molecule has 3 heteroatoms. The highest BCUT2D eigenvalue weighted by atomic mass is 79.9. The molecule has 68 valence electrons. The zero-order valence-corrected chi connectivity index (χ0v) is 9.30. The van der Waals surface area contributed by atoms with E-state index in [1.54, 1.807) is 0 Å². The van der Waals surface area contributed by atoms with Crippen molar-refractivity contribution < 1.29 is 0 Å². The first kappa shape index (κ1) is 8.75. The lowest BCUT2D eigenvalue weighted by molar-refractivity contribution is 0.653. The first-order chi connectivity index (χ1) is 6.24. The van der Waals surface area contributed by atoms with Crippen molar-refractivity contribution in [2.75, 3.05) is 0 Å². The van der Waals surface area contributed by atoms with Crippen LogP contribution in [0.4, 0.5) is 0 Å². The normalized spacial score (nSPS) is 11.0. The molecule has 2 nitrogen and oxygen atoms in total. The summed E-state index contributed by atoms with van der Waals surface area (Å²) < 4.78 is 3.05. The minimum absolute atomic E-state index is 0.898. The van der Waals surface area contributed by atoms with Gasteiger partial charge in [-0.1, -0.05) is 18.2 Å². The smallest absolute Gasteiger partial charge is 0.111 e. The van der Waals surface area contributed by atoms with Crippen LogP contribution in [0, 0.1) is 6.92 Å². The van der Waals surface area contributed by atoms with E-state index in [4.69, 9.17) is 0 Å². The standard InChI is InChI=1S/C10H11BrN2/c1-3-13-10(11)8-6-4-5-7(2)9(8)12-13/h4-6H,3H2,1-2H3. The number of nitrogens with zero attached hydrogens (tertiary/aromatic N) is 2. The number of fused-ring (bicyclic) bond motifs is 1. The Morgan fingerprint density at radius 2 is 2.23 bits per heavy atom. The fourth-order valence-corrected chi connectivity index (χ4v) is 2.12. The number of hydrogen-bond acceptors (Lipinski definition) is 1. The Labute approximate surface area is 85.7 Å². The van der Waals surface area contributed by atoms with Gasteiger partial charge in [0.2, 0.25) is 0 Å². The molecule has 0 bridgehead atoms. The summed E-state index contributed by atoms with van der Waals surface area (Å²) in [7, 11) is 0. The molecular weight excluding hydrogens is 228 g/mol. The summed E-state index contributed by atoms with van der Waals surface area (Å²) in [6, 6.07) is 6.23. The first-order valence-corrected chi connectivity index (χ1v) is 5.15. The van der Waals surface area contributed by atoms with Gasteiger partial charge in [0.1, 0.15) is 4.60 Å². The number of aromatic nitrogens is 2. The van der Waals surface area contributed by atoms with Crippen molar-refractivity contribution in [1.82, 2.24) is 9.78 Å². The number of benzene rings is 1. The van der Waals surface area contributed by atoms with Gasteiger partial charge in [-0.25, -0.2) is 0 Å². The summed E-state index contributed by atoms with van der Waals surface area (Å²) in [5, 5.41) is 5.70. The number of rotatable bonds is 1. The molecule has 0 saturated carbocycles. The summed E-state index contributed by atoms with van der Waals surface area (Å²) >= 11 is 3.55. The van der Waals surface area contributed by atoms with Gasteiger partial charge in [0.05, 0.1) is 5.52 Å². The molecule has 0 saturated heterocycles. The molecule has 0 radical (unpaired) electrons. The van der Waals surface area contributed by atoms with E-state index in [2.05, 4.69) is 53.1 Å². The number of halogens is 1. The Bertz CT molecular complexity index is 445. The third-order valence-corrected chi connectivity index (χ3v) is 3.04. The summed E-state index contributed by atoms with van der Waals surface area (Å²) in [5.74, 6) is 0. The minimum Gasteiger partial charge on any atom is -0.258 e. The molecule has 1 aromatic carbocycles. The quantitative estimate of drug-likeness (QED) is 0.747. The van der Waals surface area contributed by atoms with Gasteiger partial charge >= 0.3 is 0 Å². The molecule has 1 aromatic heterocycles. The molecule has 0 aliphatic heterocycles. The predicted octanol–water partition coefficient (Wildman–Crippen LogP) is 3.13. The van der Waals surface area contributed by atoms with Crippen molar-refractivity contribution in [3.8, 4) is 0 Å². The predicted molar refractivity (Wildman–Crippen MR) is 57.8 cm³/mol. The van der Waals surface area contributed by atoms with Crippen LogP contribution in [0.5, 0.6) is 0 Å². The molecule has 0 atom stereocenters. The third kappa shape index (κ3) is 1.27. The lowest BCUT2D eigenvalue weighted by Gasteiger charge is -1.94. The molecule has 0 N–H and O–H groups in total. The maximum Gasteiger partial charge on any atom is 0.111 e. The van der Waals surface area contributed by atoms with E-state index in [9.17, 15) is 0 Å². The average molecular weight is 239 g/mol. The fourth-order valence-electron chi connectivity index (χ4n) is 1.47. The maximum absolute atomic E-state index is 4.50. The van der Waals surface area contributed by atoms with Crippen LogP contribution in [0.15, 0.2) is 22.8 Å². The van der Waals surface area contributed by atoms with Crippen molar-refractivity contribution in [2.45, 2.75) is 20.4 Å². The van der Waals surface area contributed by atoms with E-state index in [0.717, 1.165) is 16.7 Å². The third-order valence-electron chi connectivity index (χ3n) is 2.21. The second-order valence-electron chi connectivity index (χ2n) is 3.08. The zero-order chi connectivity index (χ0) is 9.42. The summed E-state index contributed by atoms with van der Waals surface area (Å²) in [4.78, 5) is 0. The second kappa shape index (κ2) is 3.14. The highest BCUT2D eigenvalue weighted by Crippen LogP contribution is 2.25. The monoisotopic (exact) mass is 238 g/mol. The lowest BCUT2D eigenvalue weighted by Crippen LogP contribution is -1.95. The fraction of sp³-hybridized carbons (Fsp3) is 0.300.